The van der Waals surface area contributed by atoms with Crippen LogP contribution in [0.4, 0.5) is 5.69 Å². The summed E-state index contributed by atoms with van der Waals surface area (Å²) in [6.07, 6.45) is 0.502. The minimum Gasteiger partial charge on any atom is -0.329 e. The normalized spacial score (nSPS) is 19.3. The van der Waals surface area contributed by atoms with Crippen molar-refractivity contribution >= 4 is 17.5 Å². The third-order valence-electron chi connectivity index (χ3n) is 3.87. The molecule has 1 aliphatic heterocycles. The Morgan fingerprint density at radius 1 is 1.33 bits per heavy atom. The summed E-state index contributed by atoms with van der Waals surface area (Å²) < 4.78 is 0. The molecule has 0 aromatic heterocycles. The first-order valence-corrected chi connectivity index (χ1v) is 7.57. The molecule has 1 atom stereocenters. The number of hydrogen-bond donors (Lipinski definition) is 0. The Morgan fingerprint density at radius 2 is 2.05 bits per heavy atom. The van der Waals surface area contributed by atoms with Crippen molar-refractivity contribution < 1.29 is 9.59 Å². The quantitative estimate of drug-likeness (QED) is 0.858. The van der Waals surface area contributed by atoms with Crippen LogP contribution in [0.3, 0.4) is 0 Å². The lowest BCUT2D eigenvalue weighted by Crippen LogP contribution is -2.57. The Hall–Kier alpha value is -1.84. The van der Waals surface area contributed by atoms with E-state index >= 15 is 0 Å². The van der Waals surface area contributed by atoms with Crippen LogP contribution in [0.25, 0.3) is 0 Å². The standard InChI is InChI=1S/C17H24N2O2/c1-12(2)10-16(20)18-8-9-19(17(21)14(18)4)15-7-5-6-13(3)11-15/h5-7,11-12,14H,8-10H2,1-4H3/t14-/m1/s1. The molecule has 4 nitrogen and oxygen atoms in total. The van der Waals surface area contributed by atoms with Crippen molar-refractivity contribution in [2.75, 3.05) is 18.0 Å². The summed E-state index contributed by atoms with van der Waals surface area (Å²) in [5, 5.41) is 0. The number of piperazine rings is 1. The highest BCUT2D eigenvalue weighted by Crippen LogP contribution is 2.22. The SMILES string of the molecule is Cc1cccc(N2CCN(C(=O)CC(C)C)[C@H](C)C2=O)c1. The molecule has 1 saturated heterocycles. The van der Waals surface area contributed by atoms with Crippen molar-refractivity contribution in [2.45, 2.75) is 40.2 Å². The van der Waals surface area contributed by atoms with E-state index in [1.165, 1.54) is 0 Å². The van der Waals surface area contributed by atoms with Gasteiger partial charge in [0.15, 0.2) is 0 Å². The van der Waals surface area contributed by atoms with E-state index in [2.05, 4.69) is 0 Å². The molecule has 0 N–H and O–H groups in total. The molecular formula is C17H24N2O2. The summed E-state index contributed by atoms with van der Waals surface area (Å²) in [5.74, 6) is 0.397. The van der Waals surface area contributed by atoms with E-state index in [9.17, 15) is 9.59 Å². The van der Waals surface area contributed by atoms with Crippen LogP contribution in [0.5, 0.6) is 0 Å². The van der Waals surface area contributed by atoms with Crippen molar-refractivity contribution in [3.63, 3.8) is 0 Å². The first kappa shape index (κ1) is 15.5. The summed E-state index contributed by atoms with van der Waals surface area (Å²) in [7, 11) is 0. The fraction of sp³-hybridized carbons (Fsp3) is 0.529. The smallest absolute Gasteiger partial charge is 0.249 e. The molecule has 1 heterocycles. The van der Waals surface area contributed by atoms with Crippen LogP contribution in [0.2, 0.25) is 0 Å². The summed E-state index contributed by atoms with van der Waals surface area (Å²) in [6, 6.07) is 7.54. The van der Waals surface area contributed by atoms with E-state index in [-0.39, 0.29) is 17.9 Å². The predicted molar refractivity (Wildman–Crippen MR) is 84.2 cm³/mol. The number of carbonyl (C=O) groups is 2. The van der Waals surface area contributed by atoms with Gasteiger partial charge in [0.05, 0.1) is 0 Å². The van der Waals surface area contributed by atoms with E-state index in [0.29, 0.717) is 25.4 Å². The van der Waals surface area contributed by atoms with Gasteiger partial charge in [-0.25, -0.2) is 0 Å². The molecule has 2 amide bonds. The molecule has 21 heavy (non-hydrogen) atoms. The summed E-state index contributed by atoms with van der Waals surface area (Å²) in [6.45, 7) is 9.05. The molecule has 0 aliphatic carbocycles. The minimum absolute atomic E-state index is 0.00366. The Kier molecular flexibility index (Phi) is 4.66. The molecule has 1 aromatic rings. The molecule has 0 radical (unpaired) electrons. The number of amides is 2. The largest absolute Gasteiger partial charge is 0.329 e. The third-order valence-corrected chi connectivity index (χ3v) is 3.87. The van der Waals surface area contributed by atoms with Gasteiger partial charge in [0, 0.05) is 25.2 Å². The summed E-state index contributed by atoms with van der Waals surface area (Å²) in [4.78, 5) is 28.3. The van der Waals surface area contributed by atoms with Crippen molar-refractivity contribution in [3.8, 4) is 0 Å². The van der Waals surface area contributed by atoms with Crippen molar-refractivity contribution in [3.05, 3.63) is 29.8 Å². The van der Waals surface area contributed by atoms with Gasteiger partial charge in [-0.2, -0.15) is 0 Å². The summed E-state index contributed by atoms with van der Waals surface area (Å²) in [5.41, 5.74) is 2.05. The number of carbonyl (C=O) groups excluding carboxylic acids is 2. The Bertz CT molecular complexity index is 539. The second-order valence-corrected chi connectivity index (χ2v) is 6.19. The topological polar surface area (TPSA) is 40.6 Å². The predicted octanol–water partition coefficient (Wildman–Crippen LogP) is 2.60. The van der Waals surface area contributed by atoms with Gasteiger partial charge in [-0.05, 0) is 37.5 Å². The monoisotopic (exact) mass is 288 g/mol. The number of anilines is 1. The van der Waals surface area contributed by atoms with E-state index in [4.69, 9.17) is 0 Å². The maximum Gasteiger partial charge on any atom is 0.249 e. The maximum absolute atomic E-state index is 12.6. The van der Waals surface area contributed by atoms with E-state index < -0.39 is 0 Å². The second-order valence-electron chi connectivity index (χ2n) is 6.19. The summed E-state index contributed by atoms with van der Waals surface area (Å²) >= 11 is 0. The number of benzene rings is 1. The number of rotatable bonds is 3. The van der Waals surface area contributed by atoms with E-state index in [0.717, 1.165) is 11.3 Å². The van der Waals surface area contributed by atoms with Crippen LogP contribution in [-0.2, 0) is 9.59 Å². The zero-order chi connectivity index (χ0) is 15.6. The molecule has 0 bridgehead atoms. The third kappa shape index (κ3) is 3.43. The molecule has 4 heteroatoms. The van der Waals surface area contributed by atoms with Crippen LogP contribution >= 0.6 is 0 Å². The first-order valence-electron chi connectivity index (χ1n) is 7.57. The molecule has 2 rings (SSSR count). The molecule has 1 aliphatic rings. The lowest BCUT2D eigenvalue weighted by atomic mass is 10.1. The van der Waals surface area contributed by atoms with E-state index in [1.54, 1.807) is 9.80 Å². The molecular weight excluding hydrogens is 264 g/mol. The second kappa shape index (κ2) is 6.29. The molecule has 114 valence electrons. The van der Waals surface area contributed by atoms with Gasteiger partial charge in [-0.15, -0.1) is 0 Å². The molecule has 1 aromatic carbocycles. The van der Waals surface area contributed by atoms with Crippen molar-refractivity contribution in [1.29, 1.82) is 0 Å². The van der Waals surface area contributed by atoms with Gasteiger partial charge < -0.3 is 9.80 Å². The number of aryl methyl sites for hydroxylation is 1. The molecule has 1 fully saturated rings. The van der Waals surface area contributed by atoms with Gasteiger partial charge in [0.2, 0.25) is 11.8 Å². The molecule has 0 unspecified atom stereocenters. The Labute approximate surface area is 126 Å². The van der Waals surface area contributed by atoms with Crippen LogP contribution in [0.15, 0.2) is 24.3 Å². The highest BCUT2D eigenvalue weighted by molar-refractivity contribution is 6.00. The maximum atomic E-state index is 12.6. The fourth-order valence-corrected chi connectivity index (χ4v) is 2.73. The lowest BCUT2D eigenvalue weighted by molar-refractivity contribution is -0.141. The zero-order valence-corrected chi connectivity index (χ0v) is 13.3. The highest BCUT2D eigenvalue weighted by Gasteiger charge is 2.34. The fourth-order valence-electron chi connectivity index (χ4n) is 2.73. The van der Waals surface area contributed by atoms with Crippen LogP contribution in [-0.4, -0.2) is 35.8 Å². The van der Waals surface area contributed by atoms with Crippen LogP contribution < -0.4 is 4.90 Å². The van der Waals surface area contributed by atoms with Gasteiger partial charge in [-0.3, -0.25) is 9.59 Å². The molecule has 0 spiro atoms. The highest BCUT2D eigenvalue weighted by atomic mass is 16.2. The Balaban J connectivity index is 2.13. The minimum atomic E-state index is -0.384. The van der Waals surface area contributed by atoms with E-state index in [1.807, 2.05) is 52.0 Å². The van der Waals surface area contributed by atoms with Crippen molar-refractivity contribution in [2.24, 2.45) is 5.92 Å². The Morgan fingerprint density at radius 3 is 2.67 bits per heavy atom. The van der Waals surface area contributed by atoms with Crippen molar-refractivity contribution in [1.82, 2.24) is 4.90 Å². The first-order chi connectivity index (χ1) is 9.90. The number of nitrogens with zero attached hydrogens (tertiary/aromatic N) is 2. The van der Waals surface area contributed by atoms with Gasteiger partial charge in [0.1, 0.15) is 6.04 Å². The average Bonchev–Trinajstić information content (AvgIpc) is 2.40. The van der Waals surface area contributed by atoms with Gasteiger partial charge >= 0.3 is 0 Å². The molecule has 0 saturated carbocycles. The average molecular weight is 288 g/mol. The zero-order valence-electron chi connectivity index (χ0n) is 13.3. The van der Waals surface area contributed by atoms with Crippen LogP contribution in [0.1, 0.15) is 32.8 Å². The van der Waals surface area contributed by atoms with Crippen LogP contribution in [0, 0.1) is 12.8 Å². The number of hydrogen-bond acceptors (Lipinski definition) is 2. The van der Waals surface area contributed by atoms with Gasteiger partial charge in [0.25, 0.3) is 0 Å². The van der Waals surface area contributed by atoms with Gasteiger partial charge in [-0.1, -0.05) is 26.0 Å². The lowest BCUT2D eigenvalue weighted by Gasteiger charge is -2.39.